The second kappa shape index (κ2) is 9.10. The monoisotopic (exact) mass is 462 g/mol. The minimum absolute atomic E-state index is 0.0195. The molecular weight excluding hydrogens is 439 g/mol. The van der Waals surface area contributed by atoms with Gasteiger partial charge in [-0.25, -0.2) is 5.01 Å². The molecule has 2 atom stereocenters. The van der Waals surface area contributed by atoms with Crippen LogP contribution in [0.25, 0.3) is 0 Å². The van der Waals surface area contributed by atoms with Gasteiger partial charge in [-0.1, -0.05) is 60.9 Å². The van der Waals surface area contributed by atoms with Crippen LogP contribution in [0.15, 0.2) is 47.6 Å². The van der Waals surface area contributed by atoms with Crippen LogP contribution in [0, 0.1) is 5.92 Å². The number of hydrazone groups is 1. The summed E-state index contributed by atoms with van der Waals surface area (Å²) in [7, 11) is 0. The summed E-state index contributed by atoms with van der Waals surface area (Å²) in [5.74, 6) is 0.245. The molecule has 4 rings (SSSR count). The zero-order valence-electron chi connectivity index (χ0n) is 16.7. The van der Waals surface area contributed by atoms with Crippen LogP contribution in [0.2, 0.25) is 10.0 Å². The molecule has 0 aromatic heterocycles. The van der Waals surface area contributed by atoms with E-state index in [0.717, 1.165) is 30.1 Å². The number of phenols is 1. The van der Waals surface area contributed by atoms with Crippen molar-refractivity contribution in [1.29, 1.82) is 0 Å². The third-order valence-corrected chi connectivity index (χ3v) is 6.46. The number of nitrogens with zero attached hydrogens (tertiary/aromatic N) is 3. The Kier molecular flexibility index (Phi) is 6.48. The maximum Gasteiger partial charge on any atom is 0.137 e. The number of halogens is 2. The van der Waals surface area contributed by atoms with Crippen LogP contribution in [0.4, 0.5) is 5.69 Å². The molecule has 2 aliphatic rings. The van der Waals surface area contributed by atoms with Crippen LogP contribution >= 0.6 is 35.4 Å². The first-order valence-electron chi connectivity index (χ1n) is 10.1. The van der Waals surface area contributed by atoms with E-state index < -0.39 is 0 Å². The SMILES string of the molecule is C[C@H]1C(C(=S)NN2CCCCC2)=NN(c2ccc(Cl)cc2Cl)[C@@H]1c1ccc(O)cc1. The van der Waals surface area contributed by atoms with Gasteiger partial charge in [0.05, 0.1) is 16.8 Å². The summed E-state index contributed by atoms with van der Waals surface area (Å²) >= 11 is 18.4. The molecule has 8 heteroatoms. The van der Waals surface area contributed by atoms with Gasteiger partial charge in [0.1, 0.15) is 16.4 Å². The molecule has 0 radical (unpaired) electrons. The summed E-state index contributed by atoms with van der Waals surface area (Å²) in [4.78, 5) is 0.640. The molecule has 1 fully saturated rings. The third-order valence-electron chi connectivity index (χ3n) is 5.62. The van der Waals surface area contributed by atoms with Gasteiger partial charge in [-0.05, 0) is 48.7 Å². The highest BCUT2D eigenvalue weighted by atomic mass is 35.5. The number of anilines is 1. The van der Waals surface area contributed by atoms with Crippen molar-refractivity contribution >= 4 is 51.8 Å². The van der Waals surface area contributed by atoms with Gasteiger partial charge in [-0.15, -0.1) is 0 Å². The summed E-state index contributed by atoms with van der Waals surface area (Å²) in [6.07, 6.45) is 3.59. The summed E-state index contributed by atoms with van der Waals surface area (Å²) in [5, 5.41) is 19.8. The second-order valence-corrected chi connectivity index (χ2v) is 8.99. The average molecular weight is 463 g/mol. The van der Waals surface area contributed by atoms with Gasteiger partial charge in [0.25, 0.3) is 0 Å². The number of aromatic hydroxyl groups is 1. The number of piperidine rings is 1. The van der Waals surface area contributed by atoms with Gasteiger partial charge in [0, 0.05) is 24.0 Å². The molecule has 0 amide bonds. The van der Waals surface area contributed by atoms with Crippen LogP contribution in [0.5, 0.6) is 5.75 Å². The van der Waals surface area contributed by atoms with E-state index in [2.05, 4.69) is 17.4 Å². The van der Waals surface area contributed by atoms with Gasteiger partial charge in [-0.3, -0.25) is 5.01 Å². The molecule has 2 aromatic carbocycles. The van der Waals surface area contributed by atoms with E-state index in [-0.39, 0.29) is 17.7 Å². The fraction of sp³-hybridized carbons (Fsp3) is 0.364. The summed E-state index contributed by atoms with van der Waals surface area (Å²) < 4.78 is 0. The second-order valence-electron chi connectivity index (χ2n) is 7.74. The number of hydrazine groups is 1. The van der Waals surface area contributed by atoms with E-state index in [4.69, 9.17) is 40.5 Å². The Bertz CT molecular complexity index is 960. The van der Waals surface area contributed by atoms with Crippen molar-refractivity contribution in [2.24, 2.45) is 11.0 Å². The van der Waals surface area contributed by atoms with Crippen LogP contribution in [-0.4, -0.2) is 33.9 Å². The van der Waals surface area contributed by atoms with Gasteiger partial charge >= 0.3 is 0 Å². The summed E-state index contributed by atoms with van der Waals surface area (Å²) in [5.41, 5.74) is 5.99. The van der Waals surface area contributed by atoms with Gasteiger partial charge < -0.3 is 10.5 Å². The Hall–Kier alpha value is -1.86. The summed E-state index contributed by atoms with van der Waals surface area (Å²) in [6.45, 7) is 4.08. The zero-order valence-corrected chi connectivity index (χ0v) is 19.0. The number of benzene rings is 2. The number of hydrogen-bond donors (Lipinski definition) is 2. The van der Waals surface area contributed by atoms with E-state index in [9.17, 15) is 5.11 Å². The molecule has 30 heavy (non-hydrogen) atoms. The van der Waals surface area contributed by atoms with Crippen molar-refractivity contribution in [3.05, 3.63) is 58.1 Å². The van der Waals surface area contributed by atoms with E-state index in [1.807, 2.05) is 23.2 Å². The van der Waals surface area contributed by atoms with Crippen LogP contribution < -0.4 is 10.4 Å². The highest BCUT2D eigenvalue weighted by molar-refractivity contribution is 7.82. The molecule has 0 unspecified atom stereocenters. The quantitative estimate of drug-likeness (QED) is 0.581. The lowest BCUT2D eigenvalue weighted by molar-refractivity contribution is 0.197. The van der Waals surface area contributed by atoms with E-state index >= 15 is 0 Å². The highest BCUT2D eigenvalue weighted by Crippen LogP contribution is 2.42. The van der Waals surface area contributed by atoms with Crippen molar-refractivity contribution in [2.45, 2.75) is 32.2 Å². The van der Waals surface area contributed by atoms with Gasteiger partial charge in [-0.2, -0.15) is 5.10 Å². The first kappa shape index (κ1) is 21.4. The predicted octanol–water partition coefficient (Wildman–Crippen LogP) is 5.57. The number of hydrogen-bond acceptors (Lipinski definition) is 5. The standard InChI is InChI=1S/C22H24Cl2N4OS/c1-14-20(22(30)26-27-11-3-2-4-12-27)25-28(19-10-7-16(23)13-18(19)24)21(14)15-5-8-17(29)9-6-15/h5-10,13-14,21,29H,2-4,11-12H2,1H3,(H,26,30)/t14-,21-/m0/s1. The molecule has 2 aromatic rings. The first-order valence-corrected chi connectivity index (χ1v) is 11.3. The lowest BCUT2D eigenvalue weighted by atomic mass is 9.91. The van der Waals surface area contributed by atoms with Crippen molar-refractivity contribution in [1.82, 2.24) is 10.4 Å². The Morgan fingerprint density at radius 3 is 2.47 bits per heavy atom. The van der Waals surface area contributed by atoms with Crippen LogP contribution in [0.1, 0.15) is 37.8 Å². The molecule has 2 N–H and O–H groups in total. The molecule has 1 saturated heterocycles. The molecule has 5 nitrogen and oxygen atoms in total. The molecular formula is C22H24Cl2N4OS. The molecule has 2 heterocycles. The maximum atomic E-state index is 9.73. The molecule has 0 spiro atoms. The van der Waals surface area contributed by atoms with Gasteiger partial charge in [0.2, 0.25) is 0 Å². The third kappa shape index (κ3) is 4.42. The zero-order chi connectivity index (χ0) is 21.3. The van der Waals surface area contributed by atoms with Crippen molar-refractivity contribution in [3.63, 3.8) is 0 Å². The fourth-order valence-electron chi connectivity index (χ4n) is 4.06. The van der Waals surface area contributed by atoms with Crippen molar-refractivity contribution in [3.8, 4) is 5.75 Å². The highest BCUT2D eigenvalue weighted by Gasteiger charge is 2.39. The molecule has 0 saturated carbocycles. The average Bonchev–Trinajstić information content (AvgIpc) is 3.06. The van der Waals surface area contributed by atoms with Crippen LogP contribution in [0.3, 0.4) is 0 Å². The number of thiocarbonyl (C=S) groups is 1. The molecule has 0 bridgehead atoms. The Morgan fingerprint density at radius 1 is 1.10 bits per heavy atom. The lowest BCUT2D eigenvalue weighted by Crippen LogP contribution is -2.47. The van der Waals surface area contributed by atoms with E-state index in [1.54, 1.807) is 24.3 Å². The summed E-state index contributed by atoms with van der Waals surface area (Å²) in [6, 6.07) is 12.5. The minimum atomic E-state index is -0.111. The van der Waals surface area contributed by atoms with Crippen LogP contribution in [-0.2, 0) is 0 Å². The van der Waals surface area contributed by atoms with E-state index in [1.165, 1.54) is 19.3 Å². The number of rotatable bonds is 4. The molecule has 158 valence electrons. The van der Waals surface area contributed by atoms with Gasteiger partial charge in [0.15, 0.2) is 0 Å². The van der Waals surface area contributed by atoms with Crippen molar-refractivity contribution < 1.29 is 5.11 Å². The largest absolute Gasteiger partial charge is 0.508 e. The number of phenolic OH excluding ortho intramolecular Hbond substituents is 1. The Labute approximate surface area is 192 Å². The normalized spacial score (nSPS) is 22.1. The lowest BCUT2D eigenvalue weighted by Gasteiger charge is -2.29. The fourth-order valence-corrected chi connectivity index (χ4v) is 4.91. The molecule has 2 aliphatic heterocycles. The topological polar surface area (TPSA) is 51.1 Å². The Balaban J connectivity index is 1.68. The first-order chi connectivity index (χ1) is 14.4. The Morgan fingerprint density at radius 2 is 1.80 bits per heavy atom. The number of nitrogens with one attached hydrogen (secondary N) is 1. The maximum absolute atomic E-state index is 9.73. The predicted molar refractivity (Wildman–Crippen MR) is 128 cm³/mol. The molecule has 0 aliphatic carbocycles. The smallest absolute Gasteiger partial charge is 0.137 e. The minimum Gasteiger partial charge on any atom is -0.508 e. The van der Waals surface area contributed by atoms with E-state index in [0.29, 0.717) is 15.0 Å². The van der Waals surface area contributed by atoms with Crippen molar-refractivity contribution in [2.75, 3.05) is 18.1 Å².